The molecule has 0 spiro atoms. The Morgan fingerprint density at radius 1 is 1.22 bits per heavy atom. The summed E-state index contributed by atoms with van der Waals surface area (Å²) in [6, 6.07) is -0.904. The Balaban J connectivity index is 4.20. The van der Waals surface area contributed by atoms with Gasteiger partial charge in [0, 0.05) is 13.0 Å². The summed E-state index contributed by atoms with van der Waals surface area (Å²) in [7, 11) is 0. The molecule has 0 aromatic rings. The maximum absolute atomic E-state index is 11.9. The zero-order valence-electron chi connectivity index (χ0n) is 11.4. The highest BCUT2D eigenvalue weighted by atomic mass is 16.3. The molecule has 6 nitrogen and oxygen atoms in total. The molecule has 3 atom stereocenters. The lowest BCUT2D eigenvalue weighted by Crippen LogP contribution is -2.53. The van der Waals surface area contributed by atoms with Crippen LogP contribution in [0.3, 0.4) is 0 Å². The van der Waals surface area contributed by atoms with Crippen molar-refractivity contribution >= 4 is 11.8 Å². The lowest BCUT2D eigenvalue weighted by molar-refractivity contribution is -0.131. The fourth-order valence-electron chi connectivity index (χ4n) is 1.62. The Morgan fingerprint density at radius 2 is 1.83 bits per heavy atom. The third-order valence-electron chi connectivity index (χ3n) is 2.60. The second-order valence-corrected chi connectivity index (χ2v) is 4.61. The Bertz CT molecular complexity index is 269. The first-order chi connectivity index (χ1) is 8.38. The summed E-state index contributed by atoms with van der Waals surface area (Å²) < 4.78 is 0. The van der Waals surface area contributed by atoms with E-state index in [0.717, 1.165) is 19.3 Å². The molecular formula is C12H25N3O3. The number of carbonyl (C=O) groups excluding carboxylic acids is 2. The summed E-state index contributed by atoms with van der Waals surface area (Å²) >= 11 is 0. The third kappa shape index (κ3) is 7.24. The van der Waals surface area contributed by atoms with Crippen LogP contribution in [-0.2, 0) is 9.59 Å². The van der Waals surface area contributed by atoms with Gasteiger partial charge in [-0.2, -0.15) is 0 Å². The van der Waals surface area contributed by atoms with Gasteiger partial charge in [0.25, 0.3) is 0 Å². The standard InChI is InChI=1S/C12H25N3O3/c1-8(6-4-5-7-13)14-12(18)11(9(2)16)15-10(3)17/h8-9,11,16H,4-7,13H2,1-3H3,(H,14,18)(H,15,17)/t8-,9-,11-/m0/s1. The van der Waals surface area contributed by atoms with Crippen molar-refractivity contribution in [2.75, 3.05) is 6.54 Å². The average Bonchev–Trinajstić information content (AvgIpc) is 2.25. The van der Waals surface area contributed by atoms with E-state index in [1.807, 2.05) is 6.92 Å². The molecule has 0 bridgehead atoms. The summed E-state index contributed by atoms with van der Waals surface area (Å²) in [5, 5.41) is 14.7. The first-order valence-corrected chi connectivity index (χ1v) is 6.34. The van der Waals surface area contributed by atoms with Crippen LogP contribution < -0.4 is 16.4 Å². The maximum atomic E-state index is 11.9. The van der Waals surface area contributed by atoms with Gasteiger partial charge in [0.05, 0.1) is 6.10 Å². The van der Waals surface area contributed by atoms with Crippen LogP contribution in [-0.4, -0.2) is 41.7 Å². The van der Waals surface area contributed by atoms with Gasteiger partial charge in [-0.3, -0.25) is 9.59 Å². The van der Waals surface area contributed by atoms with E-state index >= 15 is 0 Å². The predicted molar refractivity (Wildman–Crippen MR) is 69.8 cm³/mol. The topological polar surface area (TPSA) is 104 Å². The number of hydrogen-bond acceptors (Lipinski definition) is 4. The van der Waals surface area contributed by atoms with E-state index in [-0.39, 0.29) is 17.9 Å². The van der Waals surface area contributed by atoms with Gasteiger partial charge >= 0.3 is 0 Å². The summed E-state index contributed by atoms with van der Waals surface area (Å²) in [6.07, 6.45) is 1.77. The molecule has 0 aliphatic carbocycles. The molecule has 0 saturated carbocycles. The second kappa shape index (κ2) is 8.88. The normalized spacial score (nSPS) is 15.6. The SMILES string of the molecule is CC(=O)N[C@H](C(=O)N[C@@H](C)CCCCN)[C@H](C)O. The Labute approximate surface area is 108 Å². The molecule has 0 heterocycles. The van der Waals surface area contributed by atoms with Crippen molar-refractivity contribution in [1.29, 1.82) is 0 Å². The molecule has 0 radical (unpaired) electrons. The summed E-state index contributed by atoms with van der Waals surface area (Å²) in [5.41, 5.74) is 5.39. The number of rotatable bonds is 8. The molecule has 0 aliphatic rings. The molecule has 0 aromatic heterocycles. The van der Waals surface area contributed by atoms with Gasteiger partial charge in [0.1, 0.15) is 6.04 Å². The van der Waals surface area contributed by atoms with E-state index in [2.05, 4.69) is 10.6 Å². The number of carbonyl (C=O) groups is 2. The zero-order valence-corrected chi connectivity index (χ0v) is 11.4. The van der Waals surface area contributed by atoms with E-state index in [4.69, 9.17) is 5.73 Å². The van der Waals surface area contributed by atoms with E-state index in [9.17, 15) is 14.7 Å². The zero-order chi connectivity index (χ0) is 14.1. The van der Waals surface area contributed by atoms with Crippen molar-refractivity contribution in [3.63, 3.8) is 0 Å². The highest BCUT2D eigenvalue weighted by Crippen LogP contribution is 2.01. The first-order valence-electron chi connectivity index (χ1n) is 6.34. The number of nitrogens with one attached hydrogen (secondary N) is 2. The number of aliphatic hydroxyl groups is 1. The van der Waals surface area contributed by atoms with Crippen LogP contribution in [0, 0.1) is 0 Å². The van der Waals surface area contributed by atoms with Crippen LogP contribution in [0.2, 0.25) is 0 Å². The molecular weight excluding hydrogens is 234 g/mol. The number of amides is 2. The molecule has 106 valence electrons. The molecule has 0 saturated heterocycles. The number of hydrogen-bond donors (Lipinski definition) is 4. The minimum absolute atomic E-state index is 0.000872. The van der Waals surface area contributed by atoms with E-state index in [0.29, 0.717) is 6.54 Å². The van der Waals surface area contributed by atoms with Crippen LogP contribution in [0.5, 0.6) is 0 Å². The van der Waals surface area contributed by atoms with E-state index < -0.39 is 12.1 Å². The fraction of sp³-hybridized carbons (Fsp3) is 0.833. The minimum Gasteiger partial charge on any atom is -0.391 e. The molecule has 0 aromatic carbocycles. The average molecular weight is 259 g/mol. The Kier molecular flexibility index (Phi) is 8.32. The van der Waals surface area contributed by atoms with Gasteiger partial charge in [-0.15, -0.1) is 0 Å². The van der Waals surface area contributed by atoms with Crippen molar-refractivity contribution in [2.45, 2.75) is 58.2 Å². The molecule has 18 heavy (non-hydrogen) atoms. The van der Waals surface area contributed by atoms with Gasteiger partial charge in [0.15, 0.2) is 0 Å². The van der Waals surface area contributed by atoms with Crippen molar-refractivity contribution in [3.8, 4) is 0 Å². The van der Waals surface area contributed by atoms with Gasteiger partial charge in [-0.25, -0.2) is 0 Å². The predicted octanol–water partition coefficient (Wildman–Crippen LogP) is -0.494. The fourth-order valence-corrected chi connectivity index (χ4v) is 1.62. The molecule has 5 N–H and O–H groups in total. The minimum atomic E-state index is -0.926. The van der Waals surface area contributed by atoms with Crippen molar-refractivity contribution in [1.82, 2.24) is 10.6 Å². The molecule has 0 aliphatic heterocycles. The third-order valence-corrected chi connectivity index (χ3v) is 2.60. The second-order valence-electron chi connectivity index (χ2n) is 4.61. The highest BCUT2D eigenvalue weighted by Gasteiger charge is 2.25. The van der Waals surface area contributed by atoms with Gasteiger partial charge in [-0.05, 0) is 33.2 Å². The van der Waals surface area contributed by atoms with Crippen LogP contribution in [0.25, 0.3) is 0 Å². The molecule has 0 unspecified atom stereocenters. The molecule has 6 heteroatoms. The lowest BCUT2D eigenvalue weighted by Gasteiger charge is -2.22. The number of nitrogens with two attached hydrogens (primary N) is 1. The number of unbranched alkanes of at least 4 members (excludes halogenated alkanes) is 1. The van der Waals surface area contributed by atoms with Crippen molar-refractivity contribution in [2.24, 2.45) is 5.73 Å². The van der Waals surface area contributed by atoms with Crippen molar-refractivity contribution in [3.05, 3.63) is 0 Å². The molecule has 2 amide bonds. The summed E-state index contributed by atoms with van der Waals surface area (Å²) in [5.74, 6) is -0.702. The monoisotopic (exact) mass is 259 g/mol. The smallest absolute Gasteiger partial charge is 0.245 e. The summed E-state index contributed by atoms with van der Waals surface area (Å²) in [6.45, 7) is 5.32. The molecule has 0 rings (SSSR count). The van der Waals surface area contributed by atoms with E-state index in [1.54, 1.807) is 0 Å². The highest BCUT2D eigenvalue weighted by molar-refractivity contribution is 5.87. The van der Waals surface area contributed by atoms with Gasteiger partial charge in [-0.1, -0.05) is 6.42 Å². The molecule has 0 fully saturated rings. The van der Waals surface area contributed by atoms with Gasteiger partial charge < -0.3 is 21.5 Å². The largest absolute Gasteiger partial charge is 0.391 e. The maximum Gasteiger partial charge on any atom is 0.245 e. The van der Waals surface area contributed by atoms with Crippen molar-refractivity contribution < 1.29 is 14.7 Å². The Hall–Kier alpha value is -1.14. The summed E-state index contributed by atoms with van der Waals surface area (Å²) in [4.78, 5) is 22.8. The quantitative estimate of drug-likeness (QED) is 0.441. The van der Waals surface area contributed by atoms with Gasteiger partial charge in [0.2, 0.25) is 11.8 Å². The number of aliphatic hydroxyl groups excluding tert-OH is 1. The van der Waals surface area contributed by atoms with Crippen LogP contribution in [0.15, 0.2) is 0 Å². The van der Waals surface area contributed by atoms with Crippen LogP contribution >= 0.6 is 0 Å². The van der Waals surface area contributed by atoms with Crippen LogP contribution in [0.1, 0.15) is 40.0 Å². The first kappa shape index (κ1) is 16.9. The van der Waals surface area contributed by atoms with E-state index in [1.165, 1.54) is 13.8 Å². The Morgan fingerprint density at radius 3 is 2.28 bits per heavy atom. The van der Waals surface area contributed by atoms with Crippen LogP contribution in [0.4, 0.5) is 0 Å². The lowest BCUT2D eigenvalue weighted by atomic mass is 10.1.